The summed E-state index contributed by atoms with van der Waals surface area (Å²) in [6, 6.07) is 0.475. The molecule has 2 aliphatic rings. The number of amides is 2. The van der Waals surface area contributed by atoms with Crippen molar-refractivity contribution in [1.82, 2.24) is 15.5 Å². The molecule has 98 valence electrons. The van der Waals surface area contributed by atoms with E-state index in [9.17, 15) is 4.79 Å². The molecule has 2 rings (SSSR count). The molecule has 0 aromatic carbocycles. The van der Waals surface area contributed by atoms with E-state index in [1.54, 1.807) is 6.92 Å². The molecule has 0 radical (unpaired) electrons. The van der Waals surface area contributed by atoms with Crippen molar-refractivity contribution in [3.8, 4) is 0 Å². The molecule has 0 spiro atoms. The zero-order chi connectivity index (χ0) is 12.3. The van der Waals surface area contributed by atoms with Gasteiger partial charge in [-0.25, -0.2) is 4.79 Å². The van der Waals surface area contributed by atoms with E-state index >= 15 is 0 Å². The molecule has 5 nitrogen and oxygen atoms in total. The lowest BCUT2D eigenvalue weighted by Gasteiger charge is -2.32. The largest absolute Gasteiger partial charge is 0.394 e. The first kappa shape index (κ1) is 12.6. The number of rotatable bonds is 3. The minimum absolute atomic E-state index is 0.0202. The zero-order valence-corrected chi connectivity index (χ0v) is 10.5. The summed E-state index contributed by atoms with van der Waals surface area (Å²) >= 11 is 0. The summed E-state index contributed by atoms with van der Waals surface area (Å²) < 4.78 is 0. The third-order valence-electron chi connectivity index (χ3n) is 3.82. The predicted molar refractivity (Wildman–Crippen MR) is 65.8 cm³/mol. The van der Waals surface area contributed by atoms with Crippen LogP contribution in [0.4, 0.5) is 4.79 Å². The Kier molecular flexibility index (Phi) is 4.23. The van der Waals surface area contributed by atoms with Crippen molar-refractivity contribution in [3.05, 3.63) is 0 Å². The second kappa shape index (κ2) is 5.69. The fraction of sp³-hybridized carbons (Fsp3) is 0.917. The molecule has 0 aromatic rings. The molecule has 3 atom stereocenters. The standard InChI is InChI=1S/C12H23N3O2/c1-9(8-16)13-12(17)14-10-5-7-15-6-3-2-4-11(10)15/h9-11,16H,2-8H2,1H3,(H2,13,14,17). The van der Waals surface area contributed by atoms with Gasteiger partial charge < -0.3 is 15.7 Å². The maximum Gasteiger partial charge on any atom is 0.315 e. The van der Waals surface area contributed by atoms with E-state index in [-0.39, 0.29) is 24.7 Å². The van der Waals surface area contributed by atoms with Crippen molar-refractivity contribution in [2.45, 2.75) is 50.7 Å². The average molecular weight is 241 g/mol. The summed E-state index contributed by atoms with van der Waals surface area (Å²) in [6.45, 7) is 4.05. The highest BCUT2D eigenvalue weighted by atomic mass is 16.3. The number of carbonyl (C=O) groups excluding carboxylic acids is 1. The van der Waals surface area contributed by atoms with Crippen LogP contribution in [0, 0.1) is 0 Å². The molecule has 0 aliphatic carbocycles. The molecule has 2 saturated heterocycles. The van der Waals surface area contributed by atoms with Gasteiger partial charge in [-0.3, -0.25) is 4.90 Å². The number of nitrogens with zero attached hydrogens (tertiary/aromatic N) is 1. The van der Waals surface area contributed by atoms with Crippen LogP contribution in [0.3, 0.4) is 0 Å². The Bertz CT molecular complexity index is 272. The fourth-order valence-electron chi connectivity index (χ4n) is 2.90. The lowest BCUT2D eigenvalue weighted by atomic mass is 9.99. The summed E-state index contributed by atoms with van der Waals surface area (Å²) in [6.07, 6.45) is 4.80. The van der Waals surface area contributed by atoms with Crippen molar-refractivity contribution in [2.24, 2.45) is 0 Å². The highest BCUT2D eigenvalue weighted by Gasteiger charge is 2.36. The summed E-state index contributed by atoms with van der Waals surface area (Å²) in [5.74, 6) is 0. The van der Waals surface area contributed by atoms with E-state index in [1.165, 1.54) is 25.8 Å². The Morgan fingerprint density at radius 1 is 1.41 bits per heavy atom. The van der Waals surface area contributed by atoms with Gasteiger partial charge in [-0.1, -0.05) is 6.42 Å². The molecule has 17 heavy (non-hydrogen) atoms. The zero-order valence-electron chi connectivity index (χ0n) is 10.5. The van der Waals surface area contributed by atoms with Crippen LogP contribution in [0.2, 0.25) is 0 Å². The number of urea groups is 1. The number of nitrogens with one attached hydrogen (secondary N) is 2. The highest BCUT2D eigenvalue weighted by Crippen LogP contribution is 2.26. The first-order valence-electron chi connectivity index (χ1n) is 6.62. The van der Waals surface area contributed by atoms with Gasteiger partial charge in [0.2, 0.25) is 0 Å². The number of fused-ring (bicyclic) bond motifs is 1. The van der Waals surface area contributed by atoms with Gasteiger partial charge in [0.1, 0.15) is 0 Å². The van der Waals surface area contributed by atoms with Crippen molar-refractivity contribution in [1.29, 1.82) is 0 Å². The van der Waals surface area contributed by atoms with Crippen LogP contribution in [-0.2, 0) is 0 Å². The van der Waals surface area contributed by atoms with Gasteiger partial charge >= 0.3 is 6.03 Å². The molecule has 0 saturated carbocycles. The molecule has 2 fully saturated rings. The number of piperidine rings is 1. The Balaban J connectivity index is 1.80. The third-order valence-corrected chi connectivity index (χ3v) is 3.82. The molecule has 2 heterocycles. The van der Waals surface area contributed by atoms with Crippen LogP contribution >= 0.6 is 0 Å². The van der Waals surface area contributed by atoms with E-state index in [0.717, 1.165) is 13.0 Å². The Morgan fingerprint density at radius 3 is 3.00 bits per heavy atom. The van der Waals surface area contributed by atoms with Gasteiger partial charge in [-0.05, 0) is 32.7 Å². The van der Waals surface area contributed by atoms with Gasteiger partial charge in [0.15, 0.2) is 0 Å². The first-order chi connectivity index (χ1) is 8.20. The maximum atomic E-state index is 11.7. The number of aliphatic hydroxyl groups is 1. The second-order valence-electron chi connectivity index (χ2n) is 5.20. The summed E-state index contributed by atoms with van der Waals surface area (Å²) in [5, 5.41) is 14.7. The Morgan fingerprint density at radius 2 is 2.24 bits per heavy atom. The lowest BCUT2D eigenvalue weighted by Crippen LogP contribution is -2.51. The summed E-state index contributed by atoms with van der Waals surface area (Å²) in [5.41, 5.74) is 0. The number of hydrogen-bond acceptors (Lipinski definition) is 3. The second-order valence-corrected chi connectivity index (χ2v) is 5.20. The van der Waals surface area contributed by atoms with Gasteiger partial charge in [0.05, 0.1) is 12.6 Å². The molecular formula is C12H23N3O2. The van der Waals surface area contributed by atoms with Crippen LogP contribution in [0.15, 0.2) is 0 Å². The SMILES string of the molecule is CC(CO)NC(=O)NC1CCN2CCCCC12. The smallest absolute Gasteiger partial charge is 0.315 e. The van der Waals surface area contributed by atoms with Crippen LogP contribution in [0.1, 0.15) is 32.6 Å². The van der Waals surface area contributed by atoms with Crippen LogP contribution in [0.25, 0.3) is 0 Å². The quantitative estimate of drug-likeness (QED) is 0.665. The molecule has 2 amide bonds. The lowest BCUT2D eigenvalue weighted by molar-refractivity contribution is 0.177. The minimum atomic E-state index is -0.182. The van der Waals surface area contributed by atoms with Gasteiger partial charge in [-0.2, -0.15) is 0 Å². The van der Waals surface area contributed by atoms with Crippen molar-refractivity contribution in [2.75, 3.05) is 19.7 Å². The first-order valence-corrected chi connectivity index (χ1v) is 6.62. The number of hydrogen-bond donors (Lipinski definition) is 3. The Labute approximate surface area is 103 Å². The minimum Gasteiger partial charge on any atom is -0.394 e. The molecule has 5 heteroatoms. The Hall–Kier alpha value is -0.810. The average Bonchev–Trinajstić information content (AvgIpc) is 2.72. The molecule has 3 N–H and O–H groups in total. The van der Waals surface area contributed by atoms with Crippen molar-refractivity contribution >= 4 is 6.03 Å². The van der Waals surface area contributed by atoms with Gasteiger partial charge in [0, 0.05) is 18.6 Å². The van der Waals surface area contributed by atoms with E-state index in [4.69, 9.17) is 5.11 Å². The number of aliphatic hydroxyl groups excluding tert-OH is 1. The fourth-order valence-corrected chi connectivity index (χ4v) is 2.90. The van der Waals surface area contributed by atoms with E-state index in [2.05, 4.69) is 15.5 Å². The highest BCUT2D eigenvalue weighted by molar-refractivity contribution is 5.74. The molecule has 0 aromatic heterocycles. The van der Waals surface area contributed by atoms with Crippen molar-refractivity contribution in [3.63, 3.8) is 0 Å². The van der Waals surface area contributed by atoms with Gasteiger partial charge in [0.25, 0.3) is 0 Å². The topological polar surface area (TPSA) is 64.6 Å². The molecular weight excluding hydrogens is 218 g/mol. The molecule has 2 aliphatic heterocycles. The van der Waals surface area contributed by atoms with Crippen LogP contribution < -0.4 is 10.6 Å². The summed E-state index contributed by atoms with van der Waals surface area (Å²) in [7, 11) is 0. The summed E-state index contributed by atoms with van der Waals surface area (Å²) in [4.78, 5) is 14.2. The molecule has 3 unspecified atom stereocenters. The normalized spacial score (nSPS) is 30.7. The molecule has 0 bridgehead atoms. The van der Waals surface area contributed by atoms with E-state index in [0.29, 0.717) is 6.04 Å². The van der Waals surface area contributed by atoms with E-state index in [1.807, 2.05) is 0 Å². The predicted octanol–water partition coefficient (Wildman–Crippen LogP) is 0.293. The third kappa shape index (κ3) is 3.10. The van der Waals surface area contributed by atoms with Crippen LogP contribution in [0.5, 0.6) is 0 Å². The van der Waals surface area contributed by atoms with E-state index < -0.39 is 0 Å². The van der Waals surface area contributed by atoms with Crippen LogP contribution in [-0.4, -0.2) is 53.9 Å². The monoisotopic (exact) mass is 241 g/mol. The van der Waals surface area contributed by atoms with Crippen molar-refractivity contribution < 1.29 is 9.90 Å². The number of carbonyl (C=O) groups is 1. The maximum absolute atomic E-state index is 11.7. The van der Waals surface area contributed by atoms with Gasteiger partial charge in [-0.15, -0.1) is 0 Å².